The highest BCUT2D eigenvalue weighted by Gasteiger charge is 2.10. The highest BCUT2D eigenvalue weighted by molar-refractivity contribution is 7.15. The van der Waals surface area contributed by atoms with Crippen LogP contribution in [0.3, 0.4) is 0 Å². The van der Waals surface area contributed by atoms with Crippen LogP contribution in [0.2, 0.25) is 0 Å². The van der Waals surface area contributed by atoms with Crippen LogP contribution in [0.25, 0.3) is 0 Å². The number of hydrogen-bond acceptors (Lipinski definition) is 3. The smallest absolute Gasteiger partial charge is 0.258 e. The molecule has 3 nitrogen and oxygen atoms in total. The zero-order chi connectivity index (χ0) is 10.4. The Labute approximate surface area is 82.6 Å². The molecule has 0 N–H and O–H groups in total. The molecule has 0 atom stereocenters. The van der Waals surface area contributed by atoms with Crippen LogP contribution in [0.4, 0.5) is 5.00 Å². The second-order valence-electron chi connectivity index (χ2n) is 2.59. The fourth-order valence-electron chi connectivity index (χ4n) is 0.751. The molecule has 0 fully saturated rings. The first-order valence-corrected chi connectivity index (χ1v) is 5.17. The second kappa shape index (κ2) is 5.70. The van der Waals surface area contributed by atoms with E-state index in [9.17, 15) is 10.1 Å². The van der Waals surface area contributed by atoms with Crippen LogP contribution in [-0.4, -0.2) is 4.92 Å². The Hall–Kier alpha value is -0.900. The van der Waals surface area contributed by atoms with Gasteiger partial charge in [-0.25, -0.2) is 0 Å². The monoisotopic (exact) mass is 201 g/mol. The van der Waals surface area contributed by atoms with E-state index in [4.69, 9.17) is 0 Å². The average molecular weight is 201 g/mol. The molecule has 1 aromatic heterocycles. The zero-order valence-electron chi connectivity index (χ0n) is 8.40. The molecule has 0 aliphatic heterocycles. The summed E-state index contributed by atoms with van der Waals surface area (Å²) < 4.78 is 0. The lowest BCUT2D eigenvalue weighted by Gasteiger charge is -1.95. The molecule has 0 aromatic carbocycles. The summed E-state index contributed by atoms with van der Waals surface area (Å²) in [6.07, 6.45) is 0. The van der Waals surface area contributed by atoms with Crippen molar-refractivity contribution in [3.8, 4) is 0 Å². The van der Waals surface area contributed by atoms with Crippen LogP contribution >= 0.6 is 11.3 Å². The molecule has 74 valence electrons. The van der Waals surface area contributed by atoms with Gasteiger partial charge in [0.15, 0.2) is 0 Å². The Balaban J connectivity index is 0.000000671. The Morgan fingerprint density at radius 3 is 2.15 bits per heavy atom. The second-order valence-corrected chi connectivity index (χ2v) is 3.68. The Kier molecular flexibility index (Phi) is 5.30. The predicted molar refractivity (Wildman–Crippen MR) is 56.4 cm³/mol. The predicted octanol–water partition coefficient (Wildman–Crippen LogP) is 3.81. The quantitative estimate of drug-likeness (QED) is 0.539. The lowest BCUT2D eigenvalue weighted by Crippen LogP contribution is -1.81. The maximum absolute atomic E-state index is 10.3. The van der Waals surface area contributed by atoms with Gasteiger partial charge in [0.25, 0.3) is 0 Å². The summed E-state index contributed by atoms with van der Waals surface area (Å²) in [7, 11) is 0. The van der Waals surface area contributed by atoms with Crippen molar-refractivity contribution < 1.29 is 4.92 Å². The maximum atomic E-state index is 10.3. The average Bonchev–Trinajstić information content (AvgIpc) is 2.56. The standard InChI is InChI=1S/C7H9NO2S.C2H6/c1-5(2)6-3-4-7(11-6)8(9)10;1-2/h3-5H,1-2H3;1-2H3. The number of thiophene rings is 1. The molecule has 0 bridgehead atoms. The summed E-state index contributed by atoms with van der Waals surface area (Å²) in [5.74, 6) is 0.383. The topological polar surface area (TPSA) is 43.1 Å². The number of hydrogen-bond donors (Lipinski definition) is 0. The Morgan fingerprint density at radius 2 is 1.92 bits per heavy atom. The molecule has 1 aromatic rings. The van der Waals surface area contributed by atoms with E-state index in [1.165, 1.54) is 11.3 Å². The molecular weight excluding hydrogens is 186 g/mol. The van der Waals surface area contributed by atoms with Crippen LogP contribution in [-0.2, 0) is 0 Å². The lowest BCUT2D eigenvalue weighted by molar-refractivity contribution is -0.380. The van der Waals surface area contributed by atoms with Crippen LogP contribution < -0.4 is 0 Å². The molecule has 0 amide bonds. The number of rotatable bonds is 2. The largest absolute Gasteiger partial charge is 0.324 e. The van der Waals surface area contributed by atoms with Crippen LogP contribution in [0, 0.1) is 10.1 Å². The van der Waals surface area contributed by atoms with Crippen molar-refractivity contribution in [2.45, 2.75) is 33.6 Å². The Morgan fingerprint density at radius 1 is 1.38 bits per heavy atom. The van der Waals surface area contributed by atoms with Crippen molar-refractivity contribution in [1.29, 1.82) is 0 Å². The Bertz CT molecular complexity index is 268. The minimum atomic E-state index is -0.351. The molecule has 0 saturated carbocycles. The van der Waals surface area contributed by atoms with E-state index in [-0.39, 0.29) is 9.92 Å². The third-order valence-electron chi connectivity index (χ3n) is 1.36. The van der Waals surface area contributed by atoms with Crippen molar-refractivity contribution >= 4 is 16.3 Å². The maximum Gasteiger partial charge on any atom is 0.324 e. The van der Waals surface area contributed by atoms with Gasteiger partial charge < -0.3 is 0 Å². The molecular formula is C9H15NO2S. The van der Waals surface area contributed by atoms with Crippen molar-refractivity contribution in [3.05, 3.63) is 27.1 Å². The number of nitrogens with zero attached hydrogens (tertiary/aromatic N) is 1. The van der Waals surface area contributed by atoms with Crippen LogP contribution in [0.15, 0.2) is 12.1 Å². The molecule has 0 saturated heterocycles. The summed E-state index contributed by atoms with van der Waals surface area (Å²) in [6.45, 7) is 8.05. The summed E-state index contributed by atoms with van der Waals surface area (Å²) in [4.78, 5) is 11.0. The first-order valence-electron chi connectivity index (χ1n) is 4.35. The van der Waals surface area contributed by atoms with E-state index >= 15 is 0 Å². The lowest BCUT2D eigenvalue weighted by atomic mass is 10.2. The van der Waals surface area contributed by atoms with Gasteiger partial charge in [-0.2, -0.15) is 0 Å². The van der Waals surface area contributed by atoms with E-state index in [0.717, 1.165) is 4.88 Å². The van der Waals surface area contributed by atoms with Gasteiger partial charge >= 0.3 is 5.00 Å². The van der Waals surface area contributed by atoms with Crippen LogP contribution in [0.1, 0.15) is 38.5 Å². The molecule has 0 aliphatic carbocycles. The minimum absolute atomic E-state index is 0.230. The van der Waals surface area contributed by atoms with Gasteiger partial charge in [0, 0.05) is 10.9 Å². The first kappa shape index (κ1) is 12.1. The van der Waals surface area contributed by atoms with Gasteiger partial charge in [0.05, 0.1) is 4.92 Å². The van der Waals surface area contributed by atoms with E-state index in [1.807, 2.05) is 33.8 Å². The SMILES string of the molecule is CC.CC(C)c1ccc([N+](=O)[O-])s1. The normalized spacial score (nSPS) is 9.31. The van der Waals surface area contributed by atoms with E-state index in [0.29, 0.717) is 5.92 Å². The molecule has 13 heavy (non-hydrogen) atoms. The molecule has 0 unspecified atom stereocenters. The summed E-state index contributed by atoms with van der Waals surface area (Å²) in [5.41, 5.74) is 0. The van der Waals surface area contributed by atoms with Gasteiger partial charge in [-0.3, -0.25) is 10.1 Å². The van der Waals surface area contributed by atoms with E-state index < -0.39 is 0 Å². The van der Waals surface area contributed by atoms with E-state index in [1.54, 1.807) is 6.07 Å². The molecule has 1 rings (SSSR count). The highest BCUT2D eigenvalue weighted by atomic mass is 32.1. The van der Waals surface area contributed by atoms with Gasteiger partial charge in [-0.1, -0.05) is 39.0 Å². The first-order chi connectivity index (χ1) is 6.11. The fraction of sp³-hybridized carbons (Fsp3) is 0.556. The van der Waals surface area contributed by atoms with Gasteiger partial charge in [0.2, 0.25) is 0 Å². The van der Waals surface area contributed by atoms with Gasteiger partial charge in [-0.05, 0) is 12.0 Å². The van der Waals surface area contributed by atoms with Crippen molar-refractivity contribution in [2.24, 2.45) is 0 Å². The van der Waals surface area contributed by atoms with Gasteiger partial charge in [0.1, 0.15) is 0 Å². The molecule has 4 heteroatoms. The van der Waals surface area contributed by atoms with Crippen molar-refractivity contribution in [2.75, 3.05) is 0 Å². The van der Waals surface area contributed by atoms with Crippen molar-refractivity contribution in [3.63, 3.8) is 0 Å². The summed E-state index contributed by atoms with van der Waals surface area (Å²) in [5, 5.41) is 10.5. The number of nitro groups is 1. The molecule has 0 spiro atoms. The van der Waals surface area contributed by atoms with Crippen molar-refractivity contribution in [1.82, 2.24) is 0 Å². The third-order valence-corrected chi connectivity index (χ3v) is 2.70. The molecule has 0 radical (unpaired) electrons. The molecule has 1 heterocycles. The third kappa shape index (κ3) is 3.55. The summed E-state index contributed by atoms with van der Waals surface area (Å²) >= 11 is 1.25. The fourth-order valence-corrected chi connectivity index (χ4v) is 1.57. The highest BCUT2D eigenvalue weighted by Crippen LogP contribution is 2.29. The van der Waals surface area contributed by atoms with E-state index in [2.05, 4.69) is 0 Å². The minimum Gasteiger partial charge on any atom is -0.258 e. The molecule has 0 aliphatic rings. The zero-order valence-corrected chi connectivity index (χ0v) is 9.22. The van der Waals surface area contributed by atoms with Gasteiger partial charge in [-0.15, -0.1) is 0 Å². The summed E-state index contributed by atoms with van der Waals surface area (Å²) in [6, 6.07) is 3.37. The van der Waals surface area contributed by atoms with Crippen LogP contribution in [0.5, 0.6) is 0 Å².